The summed E-state index contributed by atoms with van der Waals surface area (Å²) >= 11 is 0. The molecule has 0 unspecified atom stereocenters. The fraction of sp³-hybridized carbons (Fsp3) is 0.133. The summed E-state index contributed by atoms with van der Waals surface area (Å²) in [4.78, 5) is 5.07. The molecule has 0 N–H and O–H groups in total. The van der Waals surface area contributed by atoms with Gasteiger partial charge < -0.3 is 9.80 Å². The van der Waals surface area contributed by atoms with Crippen molar-refractivity contribution in [3.63, 3.8) is 0 Å². The Balaban J connectivity index is 0.687. The topological polar surface area (TPSA) is 6.48 Å². The maximum absolute atomic E-state index is 2.54. The zero-order valence-electron chi connectivity index (χ0n) is 53.5. The summed E-state index contributed by atoms with van der Waals surface area (Å²) in [6.45, 7) is 19.2. The molecule has 4 aliphatic carbocycles. The van der Waals surface area contributed by atoms with Crippen molar-refractivity contribution in [1.29, 1.82) is 0 Å². The molecule has 2 nitrogen and oxygen atoms in total. The molecular weight excluding hydrogens is 1110 g/mol. The fourth-order valence-electron chi connectivity index (χ4n) is 17.1. The van der Waals surface area contributed by atoms with Crippen LogP contribution < -0.4 is 9.80 Å². The second kappa shape index (κ2) is 19.5. The molecule has 440 valence electrons. The van der Waals surface area contributed by atoms with E-state index in [1.807, 2.05) is 0 Å². The molecular formula is C90H70N2. The van der Waals surface area contributed by atoms with Crippen LogP contribution in [0.5, 0.6) is 0 Å². The van der Waals surface area contributed by atoms with Gasteiger partial charge in [-0.2, -0.15) is 0 Å². The van der Waals surface area contributed by atoms with Gasteiger partial charge in [0.05, 0.1) is 11.4 Å². The first kappa shape index (κ1) is 54.4. The molecule has 0 atom stereocenters. The number of anilines is 6. The molecule has 4 aliphatic rings. The van der Waals surface area contributed by atoms with Crippen LogP contribution in [0.1, 0.15) is 111 Å². The first-order valence-corrected chi connectivity index (χ1v) is 32.8. The van der Waals surface area contributed by atoms with Crippen LogP contribution in [-0.4, -0.2) is 0 Å². The Morgan fingerprint density at radius 1 is 0.217 bits per heavy atom. The fourth-order valence-corrected chi connectivity index (χ4v) is 17.1. The van der Waals surface area contributed by atoms with Gasteiger partial charge in [-0.3, -0.25) is 0 Å². The lowest BCUT2D eigenvalue weighted by molar-refractivity contribution is 0.659. The predicted octanol–water partition coefficient (Wildman–Crippen LogP) is 24.6. The Hall–Kier alpha value is -10.5. The van der Waals surface area contributed by atoms with E-state index in [1.165, 1.54) is 155 Å². The normalized spacial score (nSPS) is 15.3. The third kappa shape index (κ3) is 7.80. The van der Waals surface area contributed by atoms with Crippen LogP contribution in [0.3, 0.4) is 0 Å². The summed E-state index contributed by atoms with van der Waals surface area (Å²) in [6, 6.07) is 101. The highest BCUT2D eigenvalue weighted by Crippen LogP contribution is 2.57. The average molecular weight is 1180 g/mol. The summed E-state index contributed by atoms with van der Waals surface area (Å²) in [5.74, 6) is 0. The Kier molecular flexibility index (Phi) is 11.5. The second-order valence-corrected chi connectivity index (χ2v) is 28.4. The van der Waals surface area contributed by atoms with Crippen molar-refractivity contribution in [2.45, 2.75) is 77.0 Å². The highest BCUT2D eigenvalue weighted by atomic mass is 15.2. The largest absolute Gasteiger partial charge is 0.310 e. The molecule has 14 aromatic rings. The first-order valence-electron chi connectivity index (χ1n) is 32.8. The maximum atomic E-state index is 2.54. The highest BCUT2D eigenvalue weighted by Gasteiger charge is 2.41. The minimum atomic E-state index is -0.259. The van der Waals surface area contributed by atoms with Crippen molar-refractivity contribution < 1.29 is 0 Å². The summed E-state index contributed by atoms with van der Waals surface area (Å²) in [6.07, 6.45) is 4.64. The molecule has 0 saturated carbocycles. The Morgan fingerprint density at radius 3 is 0.837 bits per heavy atom. The lowest BCUT2D eigenvalue weighted by Gasteiger charge is -2.31. The molecule has 0 aromatic heterocycles. The molecule has 0 saturated heterocycles. The summed E-state index contributed by atoms with van der Waals surface area (Å²) in [5, 5.41) is 9.98. The van der Waals surface area contributed by atoms with Crippen LogP contribution >= 0.6 is 0 Å². The molecule has 0 fully saturated rings. The van der Waals surface area contributed by atoms with E-state index in [2.05, 4.69) is 344 Å². The molecule has 14 aromatic carbocycles. The summed E-state index contributed by atoms with van der Waals surface area (Å²) < 4.78 is 0. The summed E-state index contributed by atoms with van der Waals surface area (Å²) in [7, 11) is 0. The standard InChI is InChI=1S/C90H70N2/c1-87(2)77-31-19-17-27-67(77)71-43-37-59(51-81(71)87)91(85-49-57-21-9-11-23-63(57)65-25-13-15-29-75(65)85)61-39-45-73-69-41-35-55(47-79(69)89(5,6)83(73)53-61)33-34-56-36-42-70-74-46-40-62(54-84(74)90(7,8)80(70)48-56)92(86-50-58-22-10-12-24-64(58)66-26-14-16-30-76(66)86)60-38-44-72-68-28-18-20-32-78(68)88(3,4)82(72)52-60/h9-54H,1-8H3/b34-33+. The lowest BCUT2D eigenvalue weighted by atomic mass is 9.81. The SMILES string of the molecule is CC1(C)c2ccccc2-c2ccc(N(c3ccc4c(c3)C(C)(C)c3cc(/C=C/c5ccc6c(c5)C(C)(C)c5cc(N(c7ccc8c(c7)C(C)(C)c7ccccc7-8)c7cc8ccccc8c8ccccc78)ccc5-6)ccc3-4)c3cc4ccccc4c4ccccc34)cc21. The molecule has 0 spiro atoms. The van der Waals surface area contributed by atoms with Crippen molar-refractivity contribution in [1.82, 2.24) is 0 Å². The zero-order chi connectivity index (χ0) is 62.2. The second-order valence-electron chi connectivity index (χ2n) is 28.4. The first-order chi connectivity index (χ1) is 44.6. The number of hydrogen-bond acceptors (Lipinski definition) is 2. The van der Waals surface area contributed by atoms with Crippen molar-refractivity contribution in [2.24, 2.45) is 0 Å². The molecule has 0 bridgehead atoms. The van der Waals surface area contributed by atoms with E-state index in [1.54, 1.807) is 0 Å². The van der Waals surface area contributed by atoms with Gasteiger partial charge >= 0.3 is 0 Å². The molecule has 0 heterocycles. The van der Waals surface area contributed by atoms with E-state index in [-0.39, 0.29) is 21.7 Å². The van der Waals surface area contributed by atoms with Crippen molar-refractivity contribution >= 4 is 89.4 Å². The zero-order valence-corrected chi connectivity index (χ0v) is 53.5. The van der Waals surface area contributed by atoms with Gasteiger partial charge in [0.15, 0.2) is 0 Å². The minimum Gasteiger partial charge on any atom is -0.310 e. The third-order valence-corrected chi connectivity index (χ3v) is 22.0. The number of benzene rings is 14. The van der Waals surface area contributed by atoms with Crippen LogP contribution in [0.4, 0.5) is 34.1 Å². The van der Waals surface area contributed by atoms with Crippen LogP contribution in [0.15, 0.2) is 267 Å². The number of rotatable bonds is 8. The van der Waals surface area contributed by atoms with E-state index in [0.29, 0.717) is 0 Å². The highest BCUT2D eigenvalue weighted by molar-refractivity contribution is 6.16. The molecule has 0 aliphatic heterocycles. The quantitative estimate of drug-likeness (QED) is 0.111. The van der Waals surface area contributed by atoms with Gasteiger partial charge in [0.25, 0.3) is 0 Å². The smallest absolute Gasteiger partial charge is 0.0546 e. The lowest BCUT2D eigenvalue weighted by Crippen LogP contribution is -2.18. The Morgan fingerprint density at radius 2 is 0.478 bits per heavy atom. The van der Waals surface area contributed by atoms with Gasteiger partial charge in [0.2, 0.25) is 0 Å². The molecule has 0 radical (unpaired) electrons. The third-order valence-electron chi connectivity index (χ3n) is 22.0. The van der Waals surface area contributed by atoms with Crippen molar-refractivity contribution in [2.75, 3.05) is 9.80 Å². The van der Waals surface area contributed by atoms with Crippen molar-refractivity contribution in [3.05, 3.63) is 323 Å². The number of hydrogen-bond donors (Lipinski definition) is 0. The van der Waals surface area contributed by atoms with Crippen LogP contribution in [0, 0.1) is 0 Å². The van der Waals surface area contributed by atoms with E-state index in [9.17, 15) is 0 Å². The van der Waals surface area contributed by atoms with Crippen LogP contribution in [0.2, 0.25) is 0 Å². The minimum absolute atomic E-state index is 0.142. The van der Waals surface area contributed by atoms with Gasteiger partial charge in [0.1, 0.15) is 0 Å². The monoisotopic (exact) mass is 1180 g/mol. The van der Waals surface area contributed by atoms with Gasteiger partial charge in [-0.25, -0.2) is 0 Å². The average Bonchev–Trinajstić information content (AvgIpc) is 1.49. The Bertz CT molecular complexity index is 5210. The molecule has 18 rings (SSSR count). The van der Waals surface area contributed by atoms with E-state index < -0.39 is 0 Å². The maximum Gasteiger partial charge on any atom is 0.0546 e. The van der Waals surface area contributed by atoms with E-state index >= 15 is 0 Å². The molecule has 92 heavy (non-hydrogen) atoms. The number of fused-ring (bicyclic) bond motifs is 18. The number of nitrogens with zero attached hydrogens (tertiary/aromatic N) is 2. The van der Waals surface area contributed by atoms with Gasteiger partial charge in [-0.05, 0) is 193 Å². The summed E-state index contributed by atoms with van der Waals surface area (Å²) in [5.41, 5.74) is 30.0. The van der Waals surface area contributed by atoms with Crippen LogP contribution in [0.25, 0.3) is 99.7 Å². The molecule has 2 heteroatoms. The van der Waals surface area contributed by atoms with Gasteiger partial charge in [-0.1, -0.05) is 274 Å². The Labute approximate surface area is 540 Å². The van der Waals surface area contributed by atoms with E-state index in [0.717, 1.165) is 22.7 Å². The van der Waals surface area contributed by atoms with Crippen LogP contribution in [-0.2, 0) is 21.7 Å². The van der Waals surface area contributed by atoms with Crippen molar-refractivity contribution in [3.8, 4) is 44.5 Å². The van der Waals surface area contributed by atoms with E-state index in [4.69, 9.17) is 0 Å². The van der Waals surface area contributed by atoms with Gasteiger partial charge in [-0.15, -0.1) is 0 Å². The molecule has 0 amide bonds. The predicted molar refractivity (Wildman–Crippen MR) is 391 cm³/mol. The van der Waals surface area contributed by atoms with Gasteiger partial charge in [0, 0.05) is 55.2 Å².